The summed E-state index contributed by atoms with van der Waals surface area (Å²) in [5.74, 6) is -1.37. The quantitative estimate of drug-likeness (QED) is 0.143. The summed E-state index contributed by atoms with van der Waals surface area (Å²) in [5, 5.41) is 9.40. The van der Waals surface area contributed by atoms with Crippen molar-refractivity contribution in [1.29, 1.82) is 0 Å². The maximum atomic E-state index is 15.3. The minimum absolute atomic E-state index is 0.0247. The van der Waals surface area contributed by atoms with E-state index in [4.69, 9.17) is 31.2 Å². The van der Waals surface area contributed by atoms with Gasteiger partial charge in [0.2, 0.25) is 0 Å². The van der Waals surface area contributed by atoms with E-state index in [0.717, 1.165) is 18.3 Å². The molecule has 3 aromatic carbocycles. The molecule has 0 unspecified atom stereocenters. The van der Waals surface area contributed by atoms with Crippen molar-refractivity contribution in [2.24, 2.45) is 0 Å². The first-order valence-corrected chi connectivity index (χ1v) is 16.2. The van der Waals surface area contributed by atoms with Crippen LogP contribution in [0.3, 0.4) is 0 Å². The Labute approximate surface area is 280 Å². The summed E-state index contributed by atoms with van der Waals surface area (Å²) < 4.78 is 59.7. The van der Waals surface area contributed by atoms with Gasteiger partial charge in [0, 0.05) is 42.8 Å². The van der Waals surface area contributed by atoms with Crippen molar-refractivity contribution in [3.05, 3.63) is 106 Å². The smallest absolute Gasteiger partial charge is 0.303 e. The summed E-state index contributed by atoms with van der Waals surface area (Å²) in [4.78, 5) is 22.4. The number of piperidine rings is 1. The largest absolute Gasteiger partial charge is 0.490 e. The lowest BCUT2D eigenvalue weighted by Crippen LogP contribution is -2.38. The first kappa shape index (κ1) is 33.4. The highest BCUT2D eigenvalue weighted by Crippen LogP contribution is 2.28. The number of rotatable bonds is 13. The number of hydrogen-bond donors (Lipinski definition) is 1. The maximum absolute atomic E-state index is 15.3. The van der Waals surface area contributed by atoms with Crippen molar-refractivity contribution >= 4 is 28.6 Å². The molecule has 6 rings (SSSR count). The van der Waals surface area contributed by atoms with Crippen LogP contribution in [0.4, 0.5) is 13.2 Å². The Hall–Kier alpha value is -4.55. The number of hydrogen-bond acceptors (Lipinski definition) is 6. The van der Waals surface area contributed by atoms with Gasteiger partial charge in [0.05, 0.1) is 30.6 Å². The molecular weight excluding hydrogens is 647 g/mol. The fraction of sp³-hybridized carbons (Fsp3) is 0.343. The van der Waals surface area contributed by atoms with E-state index in [1.54, 1.807) is 24.7 Å². The zero-order chi connectivity index (χ0) is 33.8. The number of carboxylic acids is 1. The third-order valence-corrected chi connectivity index (χ3v) is 8.76. The summed E-state index contributed by atoms with van der Waals surface area (Å²) in [7, 11) is 0. The second kappa shape index (κ2) is 14.7. The Balaban J connectivity index is 1.13. The fourth-order valence-electron chi connectivity index (χ4n) is 5.96. The molecule has 0 aliphatic carbocycles. The predicted octanol–water partition coefficient (Wildman–Crippen LogP) is 7.01. The highest BCUT2D eigenvalue weighted by Gasteiger charge is 2.24. The summed E-state index contributed by atoms with van der Waals surface area (Å²) in [6, 6.07) is 11.7. The van der Waals surface area contributed by atoms with Gasteiger partial charge in [-0.2, -0.15) is 0 Å². The molecule has 0 saturated carbocycles. The summed E-state index contributed by atoms with van der Waals surface area (Å²) >= 11 is 5.80. The second-order valence-electron chi connectivity index (χ2n) is 11.8. The van der Waals surface area contributed by atoms with E-state index in [2.05, 4.69) is 9.88 Å². The van der Waals surface area contributed by atoms with Crippen LogP contribution in [0.5, 0.6) is 11.5 Å². The number of halogens is 4. The van der Waals surface area contributed by atoms with Gasteiger partial charge in [-0.3, -0.25) is 9.69 Å². The maximum Gasteiger partial charge on any atom is 0.303 e. The number of fused-ring (bicyclic) bond motifs is 1. The second-order valence-corrected chi connectivity index (χ2v) is 12.3. The van der Waals surface area contributed by atoms with Gasteiger partial charge < -0.3 is 23.7 Å². The van der Waals surface area contributed by atoms with Gasteiger partial charge in [0.15, 0.2) is 17.4 Å². The average Bonchev–Trinajstić information content (AvgIpc) is 3.66. The van der Waals surface area contributed by atoms with E-state index in [-0.39, 0.29) is 47.4 Å². The van der Waals surface area contributed by atoms with E-state index < -0.39 is 23.4 Å². The van der Waals surface area contributed by atoms with Gasteiger partial charge in [-0.1, -0.05) is 11.6 Å². The zero-order valence-electron chi connectivity index (χ0n) is 26.3. The van der Waals surface area contributed by atoms with Crippen molar-refractivity contribution in [1.82, 2.24) is 24.0 Å². The van der Waals surface area contributed by atoms with Crippen molar-refractivity contribution in [3.8, 4) is 11.5 Å². The van der Waals surface area contributed by atoms with Crippen LogP contribution in [0.25, 0.3) is 11.0 Å². The van der Waals surface area contributed by atoms with Crippen LogP contribution in [-0.4, -0.2) is 54.3 Å². The van der Waals surface area contributed by atoms with Crippen molar-refractivity contribution in [2.45, 2.75) is 65.0 Å². The van der Waals surface area contributed by atoms with Crippen LogP contribution in [0, 0.1) is 17.5 Å². The number of nitrogens with zero attached hydrogens (tertiary/aromatic N) is 5. The number of aryl methyl sites for hydroxylation is 2. The third kappa shape index (κ3) is 7.77. The minimum atomic E-state index is -0.941. The monoisotopic (exact) mass is 681 g/mol. The Morgan fingerprint density at radius 2 is 1.83 bits per heavy atom. The molecule has 0 spiro atoms. The number of carbonyl (C=O) groups is 1. The molecule has 1 saturated heterocycles. The van der Waals surface area contributed by atoms with Crippen molar-refractivity contribution in [2.75, 3.05) is 13.1 Å². The van der Waals surface area contributed by atoms with E-state index >= 15 is 4.39 Å². The number of aromatic nitrogens is 4. The predicted molar refractivity (Wildman–Crippen MR) is 174 cm³/mol. The Morgan fingerprint density at radius 1 is 1.02 bits per heavy atom. The topological polar surface area (TPSA) is 94.6 Å². The molecule has 1 aliphatic rings. The molecule has 1 aliphatic heterocycles. The lowest BCUT2D eigenvalue weighted by atomic mass is 10.1. The number of benzene rings is 3. The fourth-order valence-corrected chi connectivity index (χ4v) is 6.12. The molecule has 0 atom stereocenters. The Morgan fingerprint density at radius 3 is 2.58 bits per heavy atom. The standard InChI is InChI=1S/C35H35ClF3N5O4/c1-2-43-21-40-17-25(43)18-44-31-14-22(3-8-34(45)46)13-30(39)35(31)41-33(44)19-42-11-9-26(10-12-42)48-27-5-6-28(37)23(15-27)20-47-32-7-4-24(36)16-29(32)38/h4-7,13-17,21,26H,2-3,8-12,18-20H2,1H3,(H,45,46). The molecular formula is C35H35ClF3N5O4. The molecule has 0 bridgehead atoms. The van der Waals surface area contributed by atoms with Crippen molar-refractivity contribution < 1.29 is 32.5 Å². The highest BCUT2D eigenvalue weighted by molar-refractivity contribution is 6.30. The SMILES string of the molecule is CCn1cncc1Cn1c(CN2CCC(Oc3ccc(F)c(COc4ccc(Cl)cc4F)c3)CC2)nc2c(F)cc(CCC(=O)O)cc21. The molecule has 9 nitrogen and oxygen atoms in total. The first-order valence-electron chi connectivity index (χ1n) is 15.8. The van der Waals surface area contributed by atoms with Crippen LogP contribution >= 0.6 is 11.6 Å². The van der Waals surface area contributed by atoms with E-state index in [0.29, 0.717) is 61.7 Å². The zero-order valence-corrected chi connectivity index (χ0v) is 27.1. The molecule has 3 heterocycles. The van der Waals surface area contributed by atoms with Gasteiger partial charge >= 0.3 is 5.97 Å². The van der Waals surface area contributed by atoms with E-state index in [1.165, 1.54) is 24.3 Å². The molecule has 2 aromatic heterocycles. The van der Waals surface area contributed by atoms with Gasteiger partial charge in [-0.25, -0.2) is 23.1 Å². The molecule has 252 valence electrons. The lowest BCUT2D eigenvalue weighted by Gasteiger charge is -2.32. The average molecular weight is 682 g/mol. The van der Waals surface area contributed by atoms with Gasteiger partial charge in [-0.15, -0.1) is 0 Å². The Kier molecular flexibility index (Phi) is 10.2. The number of imidazole rings is 2. The number of ether oxygens (including phenoxy) is 2. The van der Waals surface area contributed by atoms with Crippen molar-refractivity contribution in [3.63, 3.8) is 0 Å². The summed E-state index contributed by atoms with van der Waals surface area (Å²) in [6.07, 6.45) is 4.96. The highest BCUT2D eigenvalue weighted by atomic mass is 35.5. The molecule has 0 radical (unpaired) electrons. The third-order valence-electron chi connectivity index (χ3n) is 8.53. The summed E-state index contributed by atoms with van der Waals surface area (Å²) in [6.45, 7) is 4.87. The van der Waals surface area contributed by atoms with Crippen LogP contribution in [0.1, 0.15) is 48.8 Å². The summed E-state index contributed by atoms with van der Waals surface area (Å²) in [5.41, 5.74) is 2.65. The van der Waals surface area contributed by atoms with E-state index in [1.807, 2.05) is 22.1 Å². The minimum Gasteiger partial charge on any atom is -0.490 e. The molecule has 1 N–H and O–H groups in total. The van der Waals surface area contributed by atoms with Crippen LogP contribution in [0.15, 0.2) is 61.1 Å². The lowest BCUT2D eigenvalue weighted by molar-refractivity contribution is -0.136. The molecule has 48 heavy (non-hydrogen) atoms. The number of carboxylic acid groups (broad SMARTS) is 1. The van der Waals surface area contributed by atoms with Crippen LogP contribution in [0.2, 0.25) is 5.02 Å². The van der Waals surface area contributed by atoms with Gasteiger partial charge in [-0.05, 0) is 80.3 Å². The van der Waals surface area contributed by atoms with Gasteiger partial charge in [0.25, 0.3) is 0 Å². The molecule has 13 heteroatoms. The van der Waals surface area contributed by atoms with Gasteiger partial charge in [0.1, 0.15) is 35.6 Å². The van der Waals surface area contributed by atoms with E-state index in [9.17, 15) is 13.6 Å². The number of aliphatic carboxylic acids is 1. The first-order chi connectivity index (χ1) is 23.2. The molecule has 5 aromatic rings. The number of likely N-dealkylation sites (tertiary alicyclic amines) is 1. The van der Waals surface area contributed by atoms with Crippen LogP contribution in [-0.2, 0) is 37.5 Å². The molecule has 0 amide bonds. The normalized spacial score (nSPS) is 14.1. The van der Waals surface area contributed by atoms with Crippen LogP contribution < -0.4 is 9.47 Å². The Bertz CT molecular complexity index is 1920. The molecule has 1 fully saturated rings.